The molecule has 1 saturated heterocycles. The Balaban J connectivity index is 0.000000686. The third-order valence-electron chi connectivity index (χ3n) is 3.37. The third kappa shape index (κ3) is 3.81. The van der Waals surface area contributed by atoms with Crippen LogP contribution in [0.25, 0.3) is 0 Å². The van der Waals surface area contributed by atoms with Gasteiger partial charge in [-0.15, -0.1) is 0 Å². The van der Waals surface area contributed by atoms with E-state index in [2.05, 4.69) is 35.9 Å². The molecule has 0 bridgehead atoms. The summed E-state index contributed by atoms with van der Waals surface area (Å²) >= 11 is 0. The van der Waals surface area contributed by atoms with E-state index >= 15 is 0 Å². The third-order valence-corrected chi connectivity index (χ3v) is 3.37. The van der Waals surface area contributed by atoms with Gasteiger partial charge in [0, 0.05) is 12.2 Å². The maximum Gasteiger partial charge on any atom is 0.0572 e. The maximum absolute atomic E-state index is 4.55. The average molecular weight is 234 g/mol. The maximum atomic E-state index is 4.55. The number of aryl methyl sites for hydroxylation is 1. The highest BCUT2D eigenvalue weighted by Gasteiger charge is 2.19. The molecule has 0 aliphatic carbocycles. The Morgan fingerprint density at radius 1 is 1.24 bits per heavy atom. The zero-order chi connectivity index (χ0) is 12.7. The lowest BCUT2D eigenvalue weighted by Crippen LogP contribution is -2.23. The SMILES string of the molecule is CC.CCc1ccc(C(C)N2CCCC2)nc1. The fraction of sp³-hybridized carbons (Fsp3) is 0.667. The smallest absolute Gasteiger partial charge is 0.0572 e. The summed E-state index contributed by atoms with van der Waals surface area (Å²) in [7, 11) is 0. The summed E-state index contributed by atoms with van der Waals surface area (Å²) in [6.07, 6.45) is 5.78. The Morgan fingerprint density at radius 3 is 2.35 bits per heavy atom. The Hall–Kier alpha value is -0.890. The fourth-order valence-corrected chi connectivity index (χ4v) is 2.21. The molecule has 2 rings (SSSR count). The monoisotopic (exact) mass is 234 g/mol. The summed E-state index contributed by atoms with van der Waals surface area (Å²) < 4.78 is 0. The van der Waals surface area contributed by atoms with Crippen LogP contribution in [0.1, 0.15) is 57.8 Å². The standard InChI is InChI=1S/C13H20N2.C2H6/c1-3-12-6-7-13(14-10-12)11(2)15-8-4-5-9-15;1-2/h6-7,10-11H,3-5,8-9H2,1-2H3;1-2H3. The Labute approximate surface area is 106 Å². The van der Waals surface area contributed by atoms with Crippen molar-refractivity contribution in [3.05, 3.63) is 29.6 Å². The van der Waals surface area contributed by atoms with Crippen LogP contribution < -0.4 is 0 Å². The van der Waals surface area contributed by atoms with Crippen LogP contribution in [0.5, 0.6) is 0 Å². The molecule has 0 amide bonds. The second-order valence-electron chi connectivity index (χ2n) is 4.36. The number of rotatable bonds is 3. The van der Waals surface area contributed by atoms with Gasteiger partial charge >= 0.3 is 0 Å². The van der Waals surface area contributed by atoms with E-state index in [4.69, 9.17) is 0 Å². The topological polar surface area (TPSA) is 16.1 Å². The first-order valence-corrected chi connectivity index (χ1v) is 7.00. The highest BCUT2D eigenvalue weighted by Crippen LogP contribution is 2.22. The first kappa shape index (κ1) is 14.2. The van der Waals surface area contributed by atoms with Gasteiger partial charge in [0.05, 0.1) is 5.69 Å². The summed E-state index contributed by atoms with van der Waals surface area (Å²) in [6.45, 7) is 10.9. The first-order chi connectivity index (χ1) is 8.31. The van der Waals surface area contributed by atoms with Crippen LogP contribution in [-0.4, -0.2) is 23.0 Å². The lowest BCUT2D eigenvalue weighted by molar-refractivity contribution is 0.258. The van der Waals surface area contributed by atoms with Crippen LogP contribution in [0.3, 0.4) is 0 Å². The van der Waals surface area contributed by atoms with Crippen LogP contribution >= 0.6 is 0 Å². The zero-order valence-electron chi connectivity index (χ0n) is 11.7. The van der Waals surface area contributed by atoms with Crippen LogP contribution in [0, 0.1) is 0 Å². The number of hydrogen-bond acceptors (Lipinski definition) is 2. The molecule has 1 fully saturated rings. The molecule has 1 aliphatic rings. The highest BCUT2D eigenvalue weighted by molar-refractivity contribution is 5.16. The predicted octanol–water partition coefficient (Wildman–Crippen LogP) is 3.83. The van der Waals surface area contributed by atoms with Gasteiger partial charge in [-0.05, 0) is 50.9 Å². The minimum atomic E-state index is 0.485. The summed E-state index contributed by atoms with van der Waals surface area (Å²) in [4.78, 5) is 7.07. The highest BCUT2D eigenvalue weighted by atomic mass is 15.2. The largest absolute Gasteiger partial charge is 0.295 e. The number of likely N-dealkylation sites (tertiary alicyclic amines) is 1. The van der Waals surface area contributed by atoms with Crippen molar-refractivity contribution in [2.75, 3.05) is 13.1 Å². The van der Waals surface area contributed by atoms with Crippen LogP contribution in [0.4, 0.5) is 0 Å². The molecule has 0 N–H and O–H groups in total. The van der Waals surface area contributed by atoms with Crippen LogP contribution in [0.2, 0.25) is 0 Å². The lowest BCUT2D eigenvalue weighted by atomic mass is 10.1. The van der Waals surface area contributed by atoms with Gasteiger partial charge in [0.2, 0.25) is 0 Å². The zero-order valence-corrected chi connectivity index (χ0v) is 11.7. The van der Waals surface area contributed by atoms with Gasteiger partial charge in [0.15, 0.2) is 0 Å². The van der Waals surface area contributed by atoms with Crippen molar-refractivity contribution >= 4 is 0 Å². The van der Waals surface area contributed by atoms with E-state index in [-0.39, 0.29) is 0 Å². The Kier molecular flexibility index (Phi) is 6.20. The molecule has 1 aromatic rings. The van der Waals surface area contributed by atoms with Crippen molar-refractivity contribution in [2.45, 2.75) is 53.0 Å². The van der Waals surface area contributed by atoms with Crippen molar-refractivity contribution in [1.82, 2.24) is 9.88 Å². The molecule has 96 valence electrons. The van der Waals surface area contributed by atoms with Crippen molar-refractivity contribution in [2.24, 2.45) is 0 Å². The molecular weight excluding hydrogens is 208 g/mol. The lowest BCUT2D eigenvalue weighted by Gasteiger charge is -2.23. The number of nitrogens with zero attached hydrogens (tertiary/aromatic N) is 2. The molecule has 0 aromatic carbocycles. The second-order valence-corrected chi connectivity index (χ2v) is 4.36. The predicted molar refractivity (Wildman–Crippen MR) is 74.2 cm³/mol. The molecule has 2 nitrogen and oxygen atoms in total. The quantitative estimate of drug-likeness (QED) is 0.790. The second kappa shape index (κ2) is 7.44. The number of pyridine rings is 1. The van der Waals surface area contributed by atoms with Gasteiger partial charge in [-0.2, -0.15) is 0 Å². The van der Waals surface area contributed by atoms with Gasteiger partial charge in [-0.3, -0.25) is 9.88 Å². The van der Waals surface area contributed by atoms with E-state index in [1.807, 2.05) is 20.0 Å². The van der Waals surface area contributed by atoms with Crippen molar-refractivity contribution in [3.63, 3.8) is 0 Å². The van der Waals surface area contributed by atoms with Gasteiger partial charge in [0.1, 0.15) is 0 Å². The van der Waals surface area contributed by atoms with Gasteiger partial charge < -0.3 is 0 Å². The first-order valence-electron chi connectivity index (χ1n) is 7.00. The molecule has 1 unspecified atom stereocenters. The van der Waals surface area contributed by atoms with Gasteiger partial charge in [-0.1, -0.05) is 26.8 Å². The van der Waals surface area contributed by atoms with Crippen LogP contribution in [0.15, 0.2) is 18.3 Å². The molecule has 17 heavy (non-hydrogen) atoms. The summed E-state index contributed by atoms with van der Waals surface area (Å²) in [5.74, 6) is 0. The number of aromatic nitrogens is 1. The fourth-order valence-electron chi connectivity index (χ4n) is 2.21. The minimum absolute atomic E-state index is 0.485. The molecule has 1 aromatic heterocycles. The van der Waals surface area contributed by atoms with Crippen molar-refractivity contribution in [1.29, 1.82) is 0 Å². The molecule has 1 aliphatic heterocycles. The van der Waals surface area contributed by atoms with E-state index in [1.165, 1.54) is 37.2 Å². The van der Waals surface area contributed by atoms with Gasteiger partial charge in [-0.25, -0.2) is 0 Å². The van der Waals surface area contributed by atoms with Gasteiger partial charge in [0.25, 0.3) is 0 Å². The average Bonchev–Trinajstić information content (AvgIpc) is 2.94. The molecule has 0 radical (unpaired) electrons. The summed E-state index contributed by atoms with van der Waals surface area (Å²) in [5.41, 5.74) is 2.54. The summed E-state index contributed by atoms with van der Waals surface area (Å²) in [6, 6.07) is 4.87. The Bertz CT molecular complexity index is 299. The van der Waals surface area contributed by atoms with Crippen LogP contribution in [-0.2, 0) is 6.42 Å². The molecule has 2 heterocycles. The Morgan fingerprint density at radius 2 is 1.88 bits per heavy atom. The summed E-state index contributed by atoms with van der Waals surface area (Å²) in [5, 5.41) is 0. The minimum Gasteiger partial charge on any atom is -0.295 e. The molecular formula is C15H26N2. The van der Waals surface area contributed by atoms with E-state index in [0.717, 1.165) is 6.42 Å². The van der Waals surface area contributed by atoms with Crippen molar-refractivity contribution < 1.29 is 0 Å². The molecule has 0 spiro atoms. The molecule has 0 saturated carbocycles. The van der Waals surface area contributed by atoms with E-state index < -0.39 is 0 Å². The van der Waals surface area contributed by atoms with E-state index in [9.17, 15) is 0 Å². The molecule has 2 heteroatoms. The van der Waals surface area contributed by atoms with E-state index in [0.29, 0.717) is 6.04 Å². The number of hydrogen-bond donors (Lipinski definition) is 0. The van der Waals surface area contributed by atoms with E-state index in [1.54, 1.807) is 0 Å². The normalized spacial score (nSPS) is 17.4. The van der Waals surface area contributed by atoms with Crippen molar-refractivity contribution in [3.8, 4) is 0 Å². The molecule has 1 atom stereocenters.